The van der Waals surface area contributed by atoms with Gasteiger partial charge in [0.25, 0.3) is 0 Å². The number of esters is 1. The highest BCUT2D eigenvalue weighted by Crippen LogP contribution is 2.31. The largest absolute Gasteiger partial charge is 0.463 e. The summed E-state index contributed by atoms with van der Waals surface area (Å²) in [6.45, 7) is 3.73. The Bertz CT molecular complexity index is 619. The van der Waals surface area contributed by atoms with E-state index >= 15 is 0 Å². The molecule has 1 N–H and O–H groups in total. The number of carbonyl (C=O) groups excluding carboxylic acids is 3. The van der Waals surface area contributed by atoms with Crippen LogP contribution in [0, 0.1) is 5.92 Å². The summed E-state index contributed by atoms with van der Waals surface area (Å²) >= 11 is 0. The van der Waals surface area contributed by atoms with E-state index in [0.717, 1.165) is 0 Å². The number of ether oxygens (including phenoxy) is 1. The fourth-order valence-corrected chi connectivity index (χ4v) is 2.50. The summed E-state index contributed by atoms with van der Waals surface area (Å²) < 4.78 is 5.04. The number of Topliss-reactive ketones (excluding diaryl/α,β-unsaturated/α-hetero) is 1. The molecule has 5 nitrogen and oxygen atoms in total. The lowest BCUT2D eigenvalue weighted by Gasteiger charge is -2.11. The van der Waals surface area contributed by atoms with Crippen LogP contribution in [0.1, 0.15) is 32.3 Å². The van der Waals surface area contributed by atoms with Crippen molar-refractivity contribution in [3.63, 3.8) is 0 Å². The summed E-state index contributed by atoms with van der Waals surface area (Å²) in [5, 5.41) is 2.67. The van der Waals surface area contributed by atoms with Crippen LogP contribution in [0.4, 0.5) is 0 Å². The minimum atomic E-state index is -1.07. The van der Waals surface area contributed by atoms with Crippen molar-refractivity contribution < 1.29 is 19.1 Å². The summed E-state index contributed by atoms with van der Waals surface area (Å²) in [5.74, 6) is -2.40. The average Bonchev–Trinajstić information content (AvgIpc) is 2.86. The molecule has 1 unspecified atom stereocenters. The van der Waals surface area contributed by atoms with Crippen LogP contribution in [0.2, 0.25) is 0 Å². The first-order valence-electron chi connectivity index (χ1n) is 7.40. The van der Waals surface area contributed by atoms with E-state index in [9.17, 15) is 14.4 Å². The normalized spacial score (nSPS) is 17.4. The van der Waals surface area contributed by atoms with Crippen molar-refractivity contribution in [3.8, 4) is 0 Å². The third-order valence-corrected chi connectivity index (χ3v) is 3.44. The quantitative estimate of drug-likeness (QED) is 0.645. The van der Waals surface area contributed by atoms with Crippen LogP contribution in [-0.2, 0) is 19.1 Å². The zero-order valence-corrected chi connectivity index (χ0v) is 12.7. The van der Waals surface area contributed by atoms with Crippen molar-refractivity contribution in [1.82, 2.24) is 5.32 Å². The maximum Gasteiger partial charge on any atom is 0.337 e. The number of hydrogen-bond donors (Lipinski definition) is 1. The Balaban J connectivity index is 2.50. The number of carbonyl (C=O) groups is 3. The van der Waals surface area contributed by atoms with Gasteiger partial charge in [0.1, 0.15) is 11.7 Å². The number of rotatable bonds is 6. The maximum absolute atomic E-state index is 12.3. The SMILES string of the molecule is CCCC(=O)C1C(=O)NC(c2ccccc2)=C1C(=O)OCC. The lowest BCUT2D eigenvalue weighted by Crippen LogP contribution is -2.29. The van der Waals surface area contributed by atoms with E-state index in [1.54, 1.807) is 31.2 Å². The van der Waals surface area contributed by atoms with Gasteiger partial charge in [0.15, 0.2) is 0 Å². The third-order valence-electron chi connectivity index (χ3n) is 3.44. The maximum atomic E-state index is 12.3. The highest BCUT2D eigenvalue weighted by Gasteiger charge is 2.42. The predicted octanol–water partition coefficient (Wildman–Crippen LogP) is 2.08. The third kappa shape index (κ3) is 3.08. The van der Waals surface area contributed by atoms with E-state index in [-0.39, 0.29) is 24.4 Å². The Morgan fingerprint density at radius 2 is 1.86 bits per heavy atom. The first kappa shape index (κ1) is 15.9. The molecule has 0 aliphatic carbocycles. The molecule has 0 bridgehead atoms. The van der Waals surface area contributed by atoms with Crippen molar-refractivity contribution in [3.05, 3.63) is 41.5 Å². The van der Waals surface area contributed by atoms with Gasteiger partial charge in [-0.3, -0.25) is 9.59 Å². The van der Waals surface area contributed by atoms with E-state index in [1.165, 1.54) is 0 Å². The highest BCUT2D eigenvalue weighted by atomic mass is 16.5. The minimum Gasteiger partial charge on any atom is -0.463 e. The predicted molar refractivity (Wildman–Crippen MR) is 81.5 cm³/mol. The second-order valence-electron chi connectivity index (χ2n) is 5.01. The molecule has 0 spiro atoms. The number of ketones is 1. The second-order valence-corrected chi connectivity index (χ2v) is 5.01. The molecule has 1 amide bonds. The fourth-order valence-electron chi connectivity index (χ4n) is 2.50. The van der Waals surface area contributed by atoms with Crippen LogP contribution in [0.25, 0.3) is 5.70 Å². The van der Waals surface area contributed by atoms with Crippen molar-refractivity contribution in [2.75, 3.05) is 6.61 Å². The lowest BCUT2D eigenvalue weighted by molar-refractivity contribution is -0.142. The molecule has 1 aromatic rings. The zero-order valence-electron chi connectivity index (χ0n) is 12.7. The van der Waals surface area contributed by atoms with Crippen LogP contribution in [-0.4, -0.2) is 24.3 Å². The van der Waals surface area contributed by atoms with Crippen LogP contribution >= 0.6 is 0 Å². The summed E-state index contributed by atoms with van der Waals surface area (Å²) in [6.07, 6.45) is 0.877. The fraction of sp³-hybridized carbons (Fsp3) is 0.353. The molecule has 1 heterocycles. The average molecular weight is 301 g/mol. The van der Waals surface area contributed by atoms with Gasteiger partial charge in [-0.15, -0.1) is 0 Å². The molecule has 2 rings (SSSR count). The Kier molecular flexibility index (Phi) is 5.09. The molecular formula is C17H19NO4. The van der Waals surface area contributed by atoms with E-state index in [1.807, 2.05) is 13.0 Å². The van der Waals surface area contributed by atoms with Crippen molar-refractivity contribution in [2.45, 2.75) is 26.7 Å². The van der Waals surface area contributed by atoms with Crippen LogP contribution < -0.4 is 5.32 Å². The Morgan fingerprint density at radius 1 is 1.18 bits per heavy atom. The Hall–Kier alpha value is -2.43. The minimum absolute atomic E-state index is 0.122. The molecule has 1 atom stereocenters. The molecule has 0 fully saturated rings. The van der Waals surface area contributed by atoms with Gasteiger partial charge in [-0.2, -0.15) is 0 Å². The number of benzene rings is 1. The molecule has 0 saturated heterocycles. The van der Waals surface area contributed by atoms with Gasteiger partial charge in [0.05, 0.1) is 17.9 Å². The van der Waals surface area contributed by atoms with Gasteiger partial charge in [-0.1, -0.05) is 37.3 Å². The summed E-state index contributed by atoms with van der Waals surface area (Å²) in [6, 6.07) is 9.00. The van der Waals surface area contributed by atoms with Gasteiger partial charge >= 0.3 is 5.97 Å². The summed E-state index contributed by atoms with van der Waals surface area (Å²) in [7, 11) is 0. The molecule has 22 heavy (non-hydrogen) atoms. The van der Waals surface area contributed by atoms with E-state index in [0.29, 0.717) is 17.7 Å². The van der Waals surface area contributed by atoms with E-state index in [2.05, 4.69) is 5.32 Å². The Labute approximate surface area is 129 Å². The molecule has 1 aromatic carbocycles. The first-order chi connectivity index (χ1) is 10.6. The molecule has 1 aliphatic heterocycles. The number of amides is 1. The number of hydrogen-bond acceptors (Lipinski definition) is 4. The van der Waals surface area contributed by atoms with E-state index < -0.39 is 17.8 Å². The topological polar surface area (TPSA) is 72.5 Å². The summed E-state index contributed by atoms with van der Waals surface area (Å²) in [5.41, 5.74) is 1.18. The molecule has 116 valence electrons. The summed E-state index contributed by atoms with van der Waals surface area (Å²) in [4.78, 5) is 36.7. The van der Waals surface area contributed by atoms with Crippen molar-refractivity contribution in [2.24, 2.45) is 5.92 Å². The number of nitrogens with one attached hydrogen (secondary N) is 1. The first-order valence-corrected chi connectivity index (χ1v) is 7.40. The monoisotopic (exact) mass is 301 g/mol. The standard InChI is InChI=1S/C17H19NO4/c1-3-8-12(19)13-14(17(21)22-4-2)15(18-16(13)20)11-9-6-5-7-10-11/h5-7,9-10,13H,3-4,8H2,1-2H3,(H,18,20). The lowest BCUT2D eigenvalue weighted by atomic mass is 9.92. The van der Waals surface area contributed by atoms with Gasteiger partial charge in [0.2, 0.25) is 5.91 Å². The van der Waals surface area contributed by atoms with Crippen molar-refractivity contribution >= 4 is 23.4 Å². The second kappa shape index (κ2) is 7.02. The highest BCUT2D eigenvalue weighted by molar-refractivity contribution is 6.20. The molecular weight excluding hydrogens is 282 g/mol. The zero-order chi connectivity index (χ0) is 16.1. The molecule has 0 saturated carbocycles. The van der Waals surface area contributed by atoms with Gasteiger partial charge in [-0.05, 0) is 18.9 Å². The van der Waals surface area contributed by atoms with Crippen molar-refractivity contribution in [1.29, 1.82) is 0 Å². The van der Waals surface area contributed by atoms with Gasteiger partial charge in [-0.25, -0.2) is 4.79 Å². The van der Waals surface area contributed by atoms with Crippen LogP contribution in [0.3, 0.4) is 0 Å². The Morgan fingerprint density at radius 3 is 2.45 bits per heavy atom. The van der Waals surface area contributed by atoms with Gasteiger partial charge < -0.3 is 10.1 Å². The molecule has 1 aliphatic rings. The van der Waals surface area contributed by atoms with E-state index in [4.69, 9.17) is 4.74 Å². The van der Waals surface area contributed by atoms with Gasteiger partial charge in [0, 0.05) is 6.42 Å². The van der Waals surface area contributed by atoms with Crippen LogP contribution in [0.5, 0.6) is 0 Å². The molecule has 5 heteroatoms. The smallest absolute Gasteiger partial charge is 0.337 e. The molecule has 0 radical (unpaired) electrons. The van der Waals surface area contributed by atoms with Crippen LogP contribution in [0.15, 0.2) is 35.9 Å². The molecule has 0 aromatic heterocycles.